The van der Waals surface area contributed by atoms with Gasteiger partial charge >= 0.3 is 0 Å². The zero-order chi connectivity index (χ0) is 28.2. The van der Waals surface area contributed by atoms with E-state index in [-0.39, 0.29) is 18.2 Å². The first kappa shape index (κ1) is 26.9. The topological polar surface area (TPSA) is 105 Å². The van der Waals surface area contributed by atoms with Crippen LogP contribution in [0.5, 0.6) is 0 Å². The normalized spacial score (nSPS) is 13.9. The summed E-state index contributed by atoms with van der Waals surface area (Å²) >= 11 is 1.35. The molecule has 10 heteroatoms. The van der Waals surface area contributed by atoms with Crippen LogP contribution in [0.1, 0.15) is 45.2 Å². The Morgan fingerprint density at radius 3 is 2.61 bits per heavy atom. The monoisotopic (exact) mass is 568 g/mol. The number of aryl methyl sites for hydroxylation is 1. The second kappa shape index (κ2) is 12.1. The molecule has 0 saturated carbocycles. The van der Waals surface area contributed by atoms with Crippen molar-refractivity contribution in [3.63, 3.8) is 0 Å². The second-order valence-electron chi connectivity index (χ2n) is 10.2. The number of fused-ring (bicyclic) bond motifs is 1. The highest BCUT2D eigenvalue weighted by molar-refractivity contribution is 7.17. The Labute approximate surface area is 242 Å². The van der Waals surface area contributed by atoms with Crippen molar-refractivity contribution in [1.29, 1.82) is 0 Å². The highest BCUT2D eigenvalue weighted by atomic mass is 32.1. The molecule has 1 aliphatic heterocycles. The third kappa shape index (κ3) is 6.23. The van der Waals surface area contributed by atoms with Gasteiger partial charge in [0, 0.05) is 31.3 Å². The van der Waals surface area contributed by atoms with Crippen molar-refractivity contribution in [2.45, 2.75) is 32.7 Å². The average Bonchev–Trinajstić information content (AvgIpc) is 3.74. The van der Waals surface area contributed by atoms with Gasteiger partial charge in [-0.25, -0.2) is 9.97 Å². The number of likely N-dealkylation sites (tertiary alicyclic amines) is 1. The second-order valence-corrected chi connectivity index (χ2v) is 11.3. The van der Waals surface area contributed by atoms with E-state index in [4.69, 9.17) is 9.40 Å². The Morgan fingerprint density at radius 1 is 1.00 bits per heavy atom. The van der Waals surface area contributed by atoms with Gasteiger partial charge in [-0.05, 0) is 56.3 Å². The number of hydrogen-bond acceptors (Lipinski definition) is 8. The fourth-order valence-electron chi connectivity index (χ4n) is 5.13. The summed E-state index contributed by atoms with van der Waals surface area (Å²) in [5.74, 6) is 1.52. The minimum absolute atomic E-state index is 0.0153. The van der Waals surface area contributed by atoms with E-state index >= 15 is 0 Å². The quantitative estimate of drug-likeness (QED) is 0.196. The molecule has 6 rings (SSSR count). The van der Waals surface area contributed by atoms with Crippen molar-refractivity contribution in [2.75, 3.05) is 36.8 Å². The highest BCUT2D eigenvalue weighted by Gasteiger charge is 2.19. The molecule has 1 amide bonds. The smallest absolute Gasteiger partial charge is 0.268 e. The first-order chi connectivity index (χ1) is 20.0. The van der Waals surface area contributed by atoms with Crippen molar-refractivity contribution < 1.29 is 14.0 Å². The van der Waals surface area contributed by atoms with E-state index in [1.54, 1.807) is 19.2 Å². The van der Waals surface area contributed by atoms with Crippen molar-refractivity contribution in [2.24, 2.45) is 0 Å². The van der Waals surface area contributed by atoms with Crippen LogP contribution in [0.25, 0.3) is 21.7 Å². The molecule has 0 unspecified atom stereocenters. The number of benzene rings is 2. The summed E-state index contributed by atoms with van der Waals surface area (Å²) in [5, 5.41) is 6.28. The summed E-state index contributed by atoms with van der Waals surface area (Å²) in [4.78, 5) is 38.7. The number of amides is 1. The lowest BCUT2D eigenvalue weighted by atomic mass is 10.1. The number of piperidine rings is 1. The Kier molecular flexibility index (Phi) is 7.93. The van der Waals surface area contributed by atoms with Gasteiger partial charge in [-0.3, -0.25) is 14.9 Å². The fraction of sp³-hybridized carbons (Fsp3) is 0.290. The Bertz CT molecular complexity index is 1670. The van der Waals surface area contributed by atoms with E-state index < -0.39 is 0 Å². The minimum atomic E-state index is -0.223. The fourth-order valence-corrected chi connectivity index (χ4v) is 5.97. The highest BCUT2D eigenvalue weighted by Crippen LogP contribution is 2.30. The predicted octanol–water partition coefficient (Wildman–Crippen LogP) is 6.09. The number of anilines is 2. The number of nitrogens with one attached hydrogen (secondary N) is 2. The summed E-state index contributed by atoms with van der Waals surface area (Å²) in [6.07, 6.45) is 5.39. The molecule has 3 aromatic heterocycles. The molecule has 9 nitrogen and oxygen atoms in total. The van der Waals surface area contributed by atoms with E-state index in [0.717, 1.165) is 41.2 Å². The van der Waals surface area contributed by atoms with E-state index in [1.807, 2.05) is 54.6 Å². The summed E-state index contributed by atoms with van der Waals surface area (Å²) in [7, 11) is 0. The summed E-state index contributed by atoms with van der Waals surface area (Å²) < 4.78 is 7.70. The maximum atomic E-state index is 13.3. The minimum Gasteiger partial charge on any atom is -0.440 e. The number of oxazole rings is 1. The molecule has 0 radical (unpaired) electrons. The van der Waals surface area contributed by atoms with Crippen LogP contribution in [0.3, 0.4) is 0 Å². The molecule has 0 aliphatic carbocycles. The van der Waals surface area contributed by atoms with E-state index in [2.05, 4.69) is 25.1 Å². The van der Waals surface area contributed by atoms with Crippen molar-refractivity contribution in [3.8, 4) is 10.6 Å². The number of carbonyl (C=O) groups excluding carboxylic acids is 2. The average molecular weight is 569 g/mol. The first-order valence-corrected chi connectivity index (χ1v) is 14.7. The number of imidazole rings is 1. The van der Waals surface area contributed by atoms with Crippen LogP contribution >= 0.6 is 11.3 Å². The Balaban J connectivity index is 1.22. The summed E-state index contributed by atoms with van der Waals surface area (Å²) in [6.45, 7) is 5.75. The summed E-state index contributed by atoms with van der Waals surface area (Å²) in [6, 6.07) is 18.8. The van der Waals surface area contributed by atoms with Crippen LogP contribution in [0, 0.1) is 6.92 Å². The molecular weight excluding hydrogens is 536 g/mol. The Morgan fingerprint density at radius 2 is 1.83 bits per heavy atom. The van der Waals surface area contributed by atoms with Gasteiger partial charge in [0.05, 0.1) is 33.5 Å². The molecular formula is C31H32N6O3S. The van der Waals surface area contributed by atoms with Gasteiger partial charge in [-0.1, -0.05) is 36.8 Å². The van der Waals surface area contributed by atoms with E-state index in [1.165, 1.54) is 30.6 Å². The largest absolute Gasteiger partial charge is 0.440 e. The first-order valence-electron chi connectivity index (χ1n) is 13.9. The third-order valence-corrected chi connectivity index (χ3v) is 8.40. The van der Waals surface area contributed by atoms with Gasteiger partial charge in [0.1, 0.15) is 0 Å². The van der Waals surface area contributed by atoms with Gasteiger partial charge in [-0.15, -0.1) is 11.3 Å². The van der Waals surface area contributed by atoms with Crippen LogP contribution in [-0.2, 0) is 6.54 Å². The molecule has 1 aliphatic rings. The maximum Gasteiger partial charge on any atom is 0.268 e. The zero-order valence-corrected chi connectivity index (χ0v) is 23.7. The lowest BCUT2D eigenvalue weighted by Crippen LogP contribution is -2.32. The maximum absolute atomic E-state index is 13.3. The van der Waals surface area contributed by atoms with E-state index in [9.17, 15) is 9.59 Å². The zero-order valence-electron chi connectivity index (χ0n) is 22.9. The molecule has 2 N–H and O–H groups in total. The van der Waals surface area contributed by atoms with Crippen molar-refractivity contribution in [3.05, 3.63) is 83.2 Å². The third-order valence-electron chi connectivity index (χ3n) is 7.30. The Hall–Kier alpha value is -4.28. The molecule has 5 aromatic rings. The molecule has 1 fully saturated rings. The van der Waals surface area contributed by atoms with Gasteiger partial charge in [0.2, 0.25) is 5.95 Å². The molecule has 0 spiro atoms. The van der Waals surface area contributed by atoms with E-state index in [0.29, 0.717) is 34.6 Å². The molecule has 210 valence electrons. The van der Waals surface area contributed by atoms with Crippen LogP contribution in [-0.4, -0.2) is 57.3 Å². The van der Waals surface area contributed by atoms with Gasteiger partial charge in [0.15, 0.2) is 17.4 Å². The molecule has 2 aromatic carbocycles. The molecule has 41 heavy (non-hydrogen) atoms. The van der Waals surface area contributed by atoms with Gasteiger partial charge in [-0.2, -0.15) is 0 Å². The number of aromatic nitrogens is 3. The molecule has 0 atom stereocenters. The number of carbonyl (C=O) groups is 2. The summed E-state index contributed by atoms with van der Waals surface area (Å²) in [5.41, 5.74) is 3.15. The van der Waals surface area contributed by atoms with Crippen LogP contribution in [0.4, 0.5) is 11.6 Å². The van der Waals surface area contributed by atoms with Gasteiger partial charge < -0.3 is 19.2 Å². The lowest BCUT2D eigenvalue weighted by Gasteiger charge is -2.26. The molecule has 0 bridgehead atoms. The number of Topliss-reactive ketones (excluding diaryl/α,β-unsaturated/α-hetero) is 1. The number of hydrogen-bond donors (Lipinski definition) is 2. The van der Waals surface area contributed by atoms with Crippen LogP contribution in [0.2, 0.25) is 0 Å². The number of rotatable bonds is 10. The number of ketones is 1. The standard InChI is InChI=1S/C31H32N6O3S/c1-21-32-20-27(40-21)28-12-13-29(41-28)30(39)35-31-34-24-18-23(33-19-26(38)22-8-4-2-5-9-22)10-11-25(24)37(31)17-16-36-14-6-3-7-15-36/h2,4-5,8-13,18,20,33H,3,6-7,14-17,19H2,1H3,(H,34,35,39). The number of nitrogens with zero attached hydrogens (tertiary/aromatic N) is 4. The number of thiophene rings is 1. The van der Waals surface area contributed by atoms with Gasteiger partial charge in [0.25, 0.3) is 5.91 Å². The molecule has 4 heterocycles. The SMILES string of the molecule is Cc1ncc(-c2ccc(C(=O)Nc3nc4cc(NCC(=O)c5ccccc5)ccc4n3CCN3CCCCC3)s2)o1. The van der Waals surface area contributed by atoms with Crippen molar-refractivity contribution >= 4 is 45.7 Å². The lowest BCUT2D eigenvalue weighted by molar-refractivity contribution is 0.100. The van der Waals surface area contributed by atoms with Crippen molar-refractivity contribution in [1.82, 2.24) is 19.4 Å². The van der Waals surface area contributed by atoms with Crippen LogP contribution < -0.4 is 10.6 Å². The van der Waals surface area contributed by atoms with Crippen LogP contribution in [0.15, 0.2) is 71.3 Å². The molecule has 1 saturated heterocycles. The predicted molar refractivity (Wildman–Crippen MR) is 162 cm³/mol.